The number of nitro groups is 2. The highest BCUT2D eigenvalue weighted by molar-refractivity contribution is 7.20. The highest BCUT2D eigenvalue weighted by atomic mass is 35.5. The Balaban J connectivity index is 1.87. The number of benzene rings is 1. The minimum absolute atomic E-state index is 0.197. The van der Waals surface area contributed by atoms with Gasteiger partial charge in [-0.3, -0.25) is 30.3 Å². The van der Waals surface area contributed by atoms with E-state index >= 15 is 0 Å². The molecule has 0 saturated carbocycles. The minimum Gasteiger partial charge on any atom is -0.298 e. The number of anilines is 1. The zero-order chi connectivity index (χ0) is 19.7. The summed E-state index contributed by atoms with van der Waals surface area (Å²) in [5.74, 6) is -0.767. The van der Waals surface area contributed by atoms with E-state index in [1.807, 2.05) is 0 Å². The number of aromatic nitrogens is 1. The Morgan fingerprint density at radius 2 is 1.70 bits per heavy atom. The number of thiophene rings is 1. The van der Waals surface area contributed by atoms with Crippen LogP contribution in [0.15, 0.2) is 29.6 Å². The van der Waals surface area contributed by atoms with Gasteiger partial charge in [-0.1, -0.05) is 23.2 Å². The molecule has 0 fully saturated rings. The van der Waals surface area contributed by atoms with Crippen molar-refractivity contribution in [3.63, 3.8) is 0 Å². The summed E-state index contributed by atoms with van der Waals surface area (Å²) < 4.78 is 0.926. The molecule has 9 nitrogen and oxygen atoms in total. The predicted octanol–water partition coefficient (Wildman–Crippen LogP) is 5.25. The van der Waals surface area contributed by atoms with E-state index in [2.05, 4.69) is 10.3 Å². The monoisotopic (exact) mass is 444 g/mol. The van der Waals surface area contributed by atoms with Crippen molar-refractivity contribution in [3.05, 3.63) is 64.1 Å². The Bertz CT molecular complexity index is 1050. The average molecular weight is 445 g/mol. The summed E-state index contributed by atoms with van der Waals surface area (Å²) in [4.78, 5) is 36.8. The number of nitrogens with one attached hydrogen (secondary N) is 1. The van der Waals surface area contributed by atoms with Crippen LogP contribution in [0.3, 0.4) is 0 Å². The Labute approximate surface area is 168 Å². The third kappa shape index (κ3) is 4.22. The van der Waals surface area contributed by atoms with Crippen LogP contribution in [-0.2, 0) is 0 Å². The molecule has 3 rings (SSSR count). The number of non-ortho nitro benzene ring substituents is 2. The van der Waals surface area contributed by atoms with Crippen LogP contribution >= 0.6 is 45.9 Å². The molecule has 0 unspecified atom stereocenters. The SMILES string of the molecule is O=C(Nc1nc(-c2cc(Cl)sc2Cl)cs1)c1cc([N+](=O)[O-])cc([N+](=O)[O-])c1. The summed E-state index contributed by atoms with van der Waals surface area (Å²) in [6.45, 7) is 0. The van der Waals surface area contributed by atoms with Crippen LogP contribution < -0.4 is 5.32 Å². The van der Waals surface area contributed by atoms with Gasteiger partial charge in [0.2, 0.25) is 0 Å². The van der Waals surface area contributed by atoms with Crippen LogP contribution in [-0.4, -0.2) is 20.7 Å². The first-order valence-electron chi connectivity index (χ1n) is 6.90. The van der Waals surface area contributed by atoms with Crippen molar-refractivity contribution in [3.8, 4) is 11.3 Å². The third-order valence-corrected chi connectivity index (χ3v) is 5.49. The summed E-state index contributed by atoms with van der Waals surface area (Å²) >= 11 is 14.2. The number of hydrogen-bond acceptors (Lipinski definition) is 8. The lowest BCUT2D eigenvalue weighted by atomic mass is 10.1. The third-order valence-electron chi connectivity index (χ3n) is 3.24. The second kappa shape index (κ2) is 7.56. The Hall–Kier alpha value is -2.60. The average Bonchev–Trinajstić information content (AvgIpc) is 3.20. The number of nitrogens with zero attached hydrogens (tertiary/aromatic N) is 3. The number of carbonyl (C=O) groups is 1. The standard InChI is InChI=1S/C14H6Cl2N4O5S2/c15-11-4-9(12(16)27-11)10-5-26-14(17-10)18-13(21)6-1-7(19(22)23)3-8(2-6)20(24)25/h1-5H,(H,17,18,21). The van der Waals surface area contributed by atoms with E-state index in [0.29, 0.717) is 19.9 Å². The second-order valence-electron chi connectivity index (χ2n) is 4.98. The van der Waals surface area contributed by atoms with Crippen molar-refractivity contribution in [1.29, 1.82) is 0 Å². The Morgan fingerprint density at radius 3 is 2.22 bits per heavy atom. The molecule has 0 spiro atoms. The molecule has 2 heterocycles. The smallest absolute Gasteiger partial charge is 0.277 e. The number of halogens is 2. The summed E-state index contributed by atoms with van der Waals surface area (Å²) in [7, 11) is 0. The molecule has 1 aromatic carbocycles. The van der Waals surface area contributed by atoms with E-state index < -0.39 is 27.1 Å². The molecule has 0 atom stereocenters. The van der Waals surface area contributed by atoms with Gasteiger partial charge in [-0.05, 0) is 6.07 Å². The predicted molar refractivity (Wildman–Crippen MR) is 103 cm³/mol. The number of thiazole rings is 1. The normalized spacial score (nSPS) is 10.6. The van der Waals surface area contributed by atoms with Gasteiger partial charge < -0.3 is 0 Å². The largest absolute Gasteiger partial charge is 0.298 e. The molecule has 27 heavy (non-hydrogen) atoms. The molecular weight excluding hydrogens is 439 g/mol. The Morgan fingerprint density at radius 1 is 1.07 bits per heavy atom. The highest BCUT2D eigenvalue weighted by Gasteiger charge is 2.21. The maximum Gasteiger partial charge on any atom is 0.277 e. The first kappa shape index (κ1) is 19.2. The lowest BCUT2D eigenvalue weighted by Gasteiger charge is -2.02. The van der Waals surface area contributed by atoms with Crippen LogP contribution in [0.2, 0.25) is 8.67 Å². The highest BCUT2D eigenvalue weighted by Crippen LogP contribution is 2.39. The van der Waals surface area contributed by atoms with Crippen molar-refractivity contribution in [1.82, 2.24) is 4.98 Å². The molecule has 0 aliphatic heterocycles. The van der Waals surface area contributed by atoms with Crippen LogP contribution in [0.5, 0.6) is 0 Å². The van der Waals surface area contributed by atoms with Crippen molar-refractivity contribution < 1.29 is 14.6 Å². The minimum atomic E-state index is -0.812. The van der Waals surface area contributed by atoms with Crippen LogP contribution in [0.1, 0.15) is 10.4 Å². The van der Waals surface area contributed by atoms with Crippen molar-refractivity contribution in [2.24, 2.45) is 0 Å². The fourth-order valence-electron chi connectivity index (χ4n) is 2.08. The van der Waals surface area contributed by atoms with Gasteiger partial charge in [0, 0.05) is 23.1 Å². The van der Waals surface area contributed by atoms with E-state index in [4.69, 9.17) is 23.2 Å². The fraction of sp³-hybridized carbons (Fsp3) is 0. The van der Waals surface area contributed by atoms with Gasteiger partial charge in [0.05, 0.1) is 31.5 Å². The number of carbonyl (C=O) groups excluding carboxylic acids is 1. The number of hydrogen-bond donors (Lipinski definition) is 1. The van der Waals surface area contributed by atoms with Crippen LogP contribution in [0.4, 0.5) is 16.5 Å². The summed E-state index contributed by atoms with van der Waals surface area (Å²) in [6, 6.07) is 4.32. The van der Waals surface area contributed by atoms with Gasteiger partial charge in [0.25, 0.3) is 17.3 Å². The first-order valence-corrected chi connectivity index (χ1v) is 9.36. The molecular formula is C14H6Cl2N4O5S2. The molecule has 3 aromatic rings. The Kier molecular flexibility index (Phi) is 5.37. The van der Waals surface area contributed by atoms with Crippen molar-refractivity contribution in [2.75, 3.05) is 5.32 Å². The maximum absolute atomic E-state index is 12.3. The summed E-state index contributed by atoms with van der Waals surface area (Å²) in [5.41, 5.74) is -0.255. The van der Waals surface area contributed by atoms with E-state index in [9.17, 15) is 25.0 Å². The molecule has 13 heteroatoms. The van der Waals surface area contributed by atoms with Gasteiger partial charge in [-0.15, -0.1) is 22.7 Å². The van der Waals surface area contributed by atoms with Gasteiger partial charge in [-0.25, -0.2) is 4.98 Å². The molecule has 0 saturated heterocycles. The number of nitro benzene ring substituents is 2. The zero-order valence-electron chi connectivity index (χ0n) is 12.8. The molecule has 1 amide bonds. The van der Waals surface area contributed by atoms with Crippen molar-refractivity contribution >= 4 is 68.3 Å². The number of rotatable bonds is 5. The van der Waals surface area contributed by atoms with E-state index in [0.717, 1.165) is 29.5 Å². The topological polar surface area (TPSA) is 128 Å². The van der Waals surface area contributed by atoms with Gasteiger partial charge in [0.15, 0.2) is 5.13 Å². The molecule has 0 aliphatic carbocycles. The summed E-state index contributed by atoms with van der Waals surface area (Å²) in [5, 5.41) is 26.1. The van der Waals surface area contributed by atoms with E-state index in [1.165, 1.54) is 11.3 Å². The lowest BCUT2D eigenvalue weighted by Crippen LogP contribution is -2.12. The van der Waals surface area contributed by atoms with E-state index in [1.54, 1.807) is 11.4 Å². The van der Waals surface area contributed by atoms with E-state index in [-0.39, 0.29) is 10.7 Å². The van der Waals surface area contributed by atoms with Crippen molar-refractivity contribution in [2.45, 2.75) is 0 Å². The lowest BCUT2D eigenvalue weighted by molar-refractivity contribution is -0.394. The zero-order valence-corrected chi connectivity index (χ0v) is 16.0. The molecule has 1 N–H and O–H groups in total. The molecule has 0 aliphatic rings. The van der Waals surface area contributed by atoms with Gasteiger partial charge in [-0.2, -0.15) is 0 Å². The fourth-order valence-corrected chi connectivity index (χ4v) is 4.26. The summed E-state index contributed by atoms with van der Waals surface area (Å²) in [6.07, 6.45) is 0. The number of amides is 1. The molecule has 0 bridgehead atoms. The van der Waals surface area contributed by atoms with Gasteiger partial charge >= 0.3 is 0 Å². The van der Waals surface area contributed by atoms with Crippen LogP contribution in [0.25, 0.3) is 11.3 Å². The molecule has 0 radical (unpaired) electrons. The first-order chi connectivity index (χ1) is 12.7. The maximum atomic E-state index is 12.3. The molecule has 138 valence electrons. The van der Waals surface area contributed by atoms with Crippen LogP contribution in [0, 0.1) is 20.2 Å². The van der Waals surface area contributed by atoms with Gasteiger partial charge in [0.1, 0.15) is 4.34 Å². The quantitative estimate of drug-likeness (QED) is 0.422. The second-order valence-corrected chi connectivity index (χ2v) is 8.13. The molecule has 2 aromatic heterocycles.